The second-order valence-corrected chi connectivity index (χ2v) is 17.3. The molecular weight excluding hydrogens is 864 g/mol. The van der Waals surface area contributed by atoms with Crippen molar-refractivity contribution in [1.29, 1.82) is 0 Å². The summed E-state index contributed by atoms with van der Waals surface area (Å²) >= 11 is 1.78. The van der Waals surface area contributed by atoms with Gasteiger partial charge in [-0.3, -0.25) is 0 Å². The topological polar surface area (TPSA) is 52.8 Å². The molecule has 9 aromatic rings. The minimum absolute atomic E-state index is 0. The SMILES string of the molecule is Cc1nnc(-c2[c-]c(Oc3[c-]c4c(cc3)c3ccccc3n4-c3cc(C(C)(C)C)ccn3)ccc2)c2sc3c4ccc(CC(C)(C)C)cc4ccc3c12.[Pt+2]. The van der Waals surface area contributed by atoms with Crippen LogP contribution in [-0.4, -0.2) is 19.7 Å². The molecule has 5 aromatic carbocycles. The van der Waals surface area contributed by atoms with Gasteiger partial charge in [0.15, 0.2) is 0 Å². The van der Waals surface area contributed by atoms with E-state index in [1.54, 1.807) is 11.3 Å². The van der Waals surface area contributed by atoms with Gasteiger partial charge >= 0.3 is 21.1 Å². The number of thiophene rings is 1. The third-order valence-electron chi connectivity index (χ3n) is 9.99. The van der Waals surface area contributed by atoms with Crippen molar-refractivity contribution in [3.8, 4) is 28.6 Å². The smallest absolute Gasteiger partial charge is 0.503 e. The Morgan fingerprint density at radius 2 is 1.50 bits per heavy atom. The van der Waals surface area contributed by atoms with Gasteiger partial charge in [-0.15, -0.1) is 52.6 Å². The molecule has 7 heteroatoms. The summed E-state index contributed by atoms with van der Waals surface area (Å²) in [5.74, 6) is 2.04. The molecule has 0 atom stereocenters. The first-order valence-corrected chi connectivity index (χ1v) is 19.0. The van der Waals surface area contributed by atoms with Crippen molar-refractivity contribution in [1.82, 2.24) is 19.7 Å². The second kappa shape index (κ2) is 13.4. The summed E-state index contributed by atoms with van der Waals surface area (Å²) in [5, 5.41) is 16.5. The van der Waals surface area contributed by atoms with E-state index >= 15 is 0 Å². The van der Waals surface area contributed by atoms with E-state index in [9.17, 15) is 0 Å². The molecule has 0 saturated carbocycles. The Bertz CT molecular complexity index is 2890. The molecule has 4 aromatic heterocycles. The van der Waals surface area contributed by atoms with Gasteiger partial charge in [0.1, 0.15) is 5.82 Å². The maximum Gasteiger partial charge on any atom is 2.00 e. The van der Waals surface area contributed by atoms with E-state index in [1.165, 1.54) is 32.0 Å². The molecule has 0 N–H and O–H groups in total. The summed E-state index contributed by atoms with van der Waals surface area (Å²) in [6.07, 6.45) is 2.93. The monoisotopic (exact) mass is 903 g/mol. The number of hydrogen-bond acceptors (Lipinski definition) is 5. The van der Waals surface area contributed by atoms with E-state index in [-0.39, 0.29) is 31.9 Å². The zero-order chi connectivity index (χ0) is 36.6. The summed E-state index contributed by atoms with van der Waals surface area (Å²) in [5.41, 5.74) is 7.35. The molecule has 0 radical (unpaired) electrons. The van der Waals surface area contributed by atoms with Gasteiger partial charge in [0.25, 0.3) is 0 Å². The molecule has 0 aliphatic rings. The Hall–Kier alpha value is -4.90. The summed E-state index contributed by atoms with van der Waals surface area (Å²) in [6.45, 7) is 15.6. The molecule has 0 fully saturated rings. The molecule has 0 bridgehead atoms. The number of para-hydroxylation sites is 1. The summed E-state index contributed by atoms with van der Waals surface area (Å²) < 4.78 is 11.1. The van der Waals surface area contributed by atoms with Crippen LogP contribution < -0.4 is 4.74 Å². The van der Waals surface area contributed by atoms with Crippen molar-refractivity contribution in [2.45, 2.75) is 60.3 Å². The van der Waals surface area contributed by atoms with Crippen molar-refractivity contribution in [2.75, 3.05) is 0 Å². The van der Waals surface area contributed by atoms with Crippen LogP contribution in [-0.2, 0) is 32.9 Å². The Labute approximate surface area is 334 Å². The van der Waals surface area contributed by atoms with Crippen LogP contribution in [0.15, 0.2) is 103 Å². The van der Waals surface area contributed by atoms with Crippen LogP contribution in [0.1, 0.15) is 58.4 Å². The average molecular weight is 904 g/mol. The predicted molar refractivity (Wildman–Crippen MR) is 221 cm³/mol. The maximum absolute atomic E-state index is 6.52. The molecule has 0 aliphatic carbocycles. The molecule has 54 heavy (non-hydrogen) atoms. The molecule has 4 heterocycles. The van der Waals surface area contributed by atoms with Crippen molar-refractivity contribution >= 4 is 64.1 Å². The van der Waals surface area contributed by atoms with Crippen molar-refractivity contribution < 1.29 is 25.8 Å². The Morgan fingerprint density at radius 1 is 0.722 bits per heavy atom. The van der Waals surface area contributed by atoms with E-state index < -0.39 is 0 Å². The van der Waals surface area contributed by atoms with E-state index in [0.717, 1.165) is 61.1 Å². The summed E-state index contributed by atoms with van der Waals surface area (Å²) in [6, 6.07) is 41.3. The first kappa shape index (κ1) is 36.1. The van der Waals surface area contributed by atoms with Crippen molar-refractivity contribution in [2.24, 2.45) is 5.41 Å². The average Bonchev–Trinajstić information content (AvgIpc) is 3.68. The largest absolute Gasteiger partial charge is 2.00 e. The van der Waals surface area contributed by atoms with Gasteiger partial charge < -0.3 is 9.30 Å². The molecule has 5 nitrogen and oxygen atoms in total. The minimum atomic E-state index is -0.0116. The standard InChI is InChI=1S/C47H40N4OS.Pt/c1-28-42-38-19-16-30-23-29(27-46(2,3)4)15-18-35(30)44(38)53-45(42)43(50-49-28)31-11-10-12-33(24-31)52-34-17-20-37-36-13-8-9-14-39(36)51(40(37)26-34)41-25-32(21-22-48-41)47(5,6)7;/h8-23,25H,27H2,1-7H3;/q-2;+2. The van der Waals surface area contributed by atoms with Crippen LogP contribution in [0.25, 0.3) is 69.8 Å². The number of benzene rings is 5. The maximum atomic E-state index is 6.52. The molecule has 0 spiro atoms. The molecule has 9 rings (SSSR count). The Balaban J connectivity index is 0.00000413. The van der Waals surface area contributed by atoms with Gasteiger partial charge in [-0.2, -0.15) is 16.3 Å². The van der Waals surface area contributed by atoms with E-state index in [1.807, 2.05) is 37.4 Å². The van der Waals surface area contributed by atoms with E-state index in [0.29, 0.717) is 11.5 Å². The molecule has 270 valence electrons. The van der Waals surface area contributed by atoms with Gasteiger partial charge in [0.2, 0.25) is 0 Å². The van der Waals surface area contributed by atoms with Gasteiger partial charge in [0, 0.05) is 49.1 Å². The number of nitrogens with zero attached hydrogens (tertiary/aromatic N) is 4. The van der Waals surface area contributed by atoms with E-state index in [2.05, 4.69) is 136 Å². The van der Waals surface area contributed by atoms with Gasteiger partial charge in [0.05, 0.1) is 5.69 Å². The molecule has 0 aliphatic heterocycles. The fraction of sp³-hybridized carbons (Fsp3) is 0.213. The molecular formula is C47H40N4OPtS. The van der Waals surface area contributed by atoms with Crippen LogP contribution in [0, 0.1) is 24.5 Å². The van der Waals surface area contributed by atoms with Crippen LogP contribution in [0.5, 0.6) is 11.5 Å². The normalized spacial score (nSPS) is 12.3. The molecule has 0 unspecified atom stereocenters. The summed E-state index contributed by atoms with van der Waals surface area (Å²) in [4.78, 5) is 4.82. The zero-order valence-electron chi connectivity index (χ0n) is 31.4. The minimum Gasteiger partial charge on any atom is -0.503 e. The Morgan fingerprint density at radius 3 is 2.31 bits per heavy atom. The van der Waals surface area contributed by atoms with E-state index in [4.69, 9.17) is 14.8 Å². The second-order valence-electron chi connectivity index (χ2n) is 16.3. The van der Waals surface area contributed by atoms with Gasteiger partial charge in [-0.05, 0) is 69.7 Å². The summed E-state index contributed by atoms with van der Waals surface area (Å²) in [7, 11) is 0. The first-order valence-electron chi connectivity index (χ1n) is 18.2. The zero-order valence-corrected chi connectivity index (χ0v) is 34.5. The fourth-order valence-corrected chi connectivity index (χ4v) is 8.91. The number of pyridine rings is 1. The van der Waals surface area contributed by atoms with Crippen LogP contribution in [0.3, 0.4) is 0 Å². The number of ether oxygens (including phenoxy) is 1. The number of rotatable bonds is 5. The molecule has 0 amide bonds. The Kier molecular flexibility index (Phi) is 8.98. The fourth-order valence-electron chi connectivity index (χ4n) is 7.52. The third-order valence-corrected chi connectivity index (χ3v) is 11.2. The first-order chi connectivity index (χ1) is 25.4. The predicted octanol–water partition coefficient (Wildman–Crippen LogP) is 12.7. The van der Waals surface area contributed by atoms with Crippen molar-refractivity contribution in [3.63, 3.8) is 0 Å². The number of aromatic nitrogens is 4. The number of hydrogen-bond donors (Lipinski definition) is 0. The van der Waals surface area contributed by atoms with Crippen LogP contribution in [0.2, 0.25) is 0 Å². The van der Waals surface area contributed by atoms with Crippen LogP contribution >= 0.6 is 11.3 Å². The van der Waals surface area contributed by atoms with Gasteiger partial charge in [-0.1, -0.05) is 102 Å². The third kappa shape index (κ3) is 6.40. The number of fused-ring (bicyclic) bond motifs is 8. The molecule has 0 saturated heterocycles. The van der Waals surface area contributed by atoms with Crippen LogP contribution in [0.4, 0.5) is 0 Å². The quantitative estimate of drug-likeness (QED) is 0.162. The number of aryl methyl sites for hydroxylation is 1. The van der Waals surface area contributed by atoms with Gasteiger partial charge in [-0.25, -0.2) is 4.98 Å². The van der Waals surface area contributed by atoms with Crippen molar-refractivity contribution in [3.05, 3.63) is 132 Å².